The first-order valence-electron chi connectivity index (χ1n) is 8.45. The van der Waals surface area contributed by atoms with Crippen LogP contribution in [0, 0.1) is 0 Å². The van der Waals surface area contributed by atoms with Gasteiger partial charge in [-0.3, -0.25) is 0 Å². The van der Waals surface area contributed by atoms with E-state index in [0.717, 1.165) is 12.8 Å². The summed E-state index contributed by atoms with van der Waals surface area (Å²) in [6.07, 6.45) is 11.2. The summed E-state index contributed by atoms with van der Waals surface area (Å²) in [6.45, 7) is 11.2. The third-order valence-corrected chi connectivity index (χ3v) is 9.60. The van der Waals surface area contributed by atoms with Crippen molar-refractivity contribution in [3.05, 3.63) is 23.8 Å². The Morgan fingerprint density at radius 3 is 2.45 bits per heavy atom. The second-order valence-electron chi connectivity index (χ2n) is 7.99. The Labute approximate surface area is 135 Å². The molecule has 1 heterocycles. The maximum absolute atomic E-state index is 11.6. The molecule has 0 radical (unpaired) electrons. The van der Waals surface area contributed by atoms with E-state index >= 15 is 0 Å². The average Bonchev–Trinajstić information content (AvgIpc) is 2.41. The fraction of sp³-hybridized carbons (Fsp3) is 0.722. The maximum Gasteiger partial charge on any atom is 0.331 e. The smallest absolute Gasteiger partial charge is 0.331 e. The van der Waals surface area contributed by atoms with E-state index < -0.39 is 8.32 Å². The standard InChI is InChI=1S/C18H30O3Si/c1-18(2,3)22(4,5)21-15-11-12-17(19)20-16(15)13-14-9-7-6-8-10-14/h11-13,15-16H,6-10H2,1-5H3/t15-,16+/m0/s1. The van der Waals surface area contributed by atoms with E-state index in [9.17, 15) is 4.79 Å². The van der Waals surface area contributed by atoms with Gasteiger partial charge in [0.05, 0.1) is 0 Å². The van der Waals surface area contributed by atoms with Crippen LogP contribution in [-0.4, -0.2) is 26.5 Å². The van der Waals surface area contributed by atoms with E-state index in [1.807, 2.05) is 6.08 Å². The molecule has 1 aliphatic heterocycles. The van der Waals surface area contributed by atoms with Gasteiger partial charge in [-0.2, -0.15) is 0 Å². The van der Waals surface area contributed by atoms with Crippen LogP contribution < -0.4 is 0 Å². The Morgan fingerprint density at radius 1 is 1.23 bits per heavy atom. The van der Waals surface area contributed by atoms with Crippen molar-refractivity contribution in [3.8, 4) is 0 Å². The molecule has 0 unspecified atom stereocenters. The summed E-state index contributed by atoms with van der Waals surface area (Å²) >= 11 is 0. The zero-order chi connectivity index (χ0) is 16.4. The van der Waals surface area contributed by atoms with Gasteiger partial charge in [-0.05, 0) is 56.0 Å². The molecular weight excluding hydrogens is 292 g/mol. The molecule has 0 spiro atoms. The average molecular weight is 323 g/mol. The third kappa shape index (κ3) is 4.32. The van der Waals surface area contributed by atoms with Gasteiger partial charge in [0.25, 0.3) is 0 Å². The minimum absolute atomic E-state index is 0.144. The fourth-order valence-corrected chi connectivity index (χ4v) is 3.93. The second-order valence-corrected chi connectivity index (χ2v) is 12.7. The summed E-state index contributed by atoms with van der Waals surface area (Å²) in [5, 5.41) is 0.144. The van der Waals surface area contributed by atoms with E-state index in [2.05, 4.69) is 39.9 Å². The van der Waals surface area contributed by atoms with E-state index in [1.165, 1.54) is 30.9 Å². The Morgan fingerprint density at radius 2 is 1.86 bits per heavy atom. The molecule has 1 fully saturated rings. The number of hydrogen-bond donors (Lipinski definition) is 0. The normalized spacial score (nSPS) is 26.8. The number of ether oxygens (including phenoxy) is 1. The SMILES string of the molecule is CC(C)(C)[Si](C)(C)O[C@H]1C=CC(=O)O[C@@H]1C=C1CCCCC1. The molecule has 1 aliphatic carbocycles. The van der Waals surface area contributed by atoms with Crippen LogP contribution in [0.15, 0.2) is 23.8 Å². The largest absolute Gasteiger partial charge is 0.452 e. The van der Waals surface area contributed by atoms with E-state index in [0.29, 0.717) is 0 Å². The summed E-state index contributed by atoms with van der Waals surface area (Å²) in [4.78, 5) is 11.6. The van der Waals surface area contributed by atoms with Crippen molar-refractivity contribution in [1.82, 2.24) is 0 Å². The highest BCUT2D eigenvalue weighted by molar-refractivity contribution is 6.74. The first kappa shape index (κ1) is 17.5. The van der Waals surface area contributed by atoms with Crippen molar-refractivity contribution < 1.29 is 14.0 Å². The minimum atomic E-state index is -1.89. The first-order chi connectivity index (χ1) is 10.2. The van der Waals surface area contributed by atoms with Crippen molar-refractivity contribution in [1.29, 1.82) is 0 Å². The fourth-order valence-electron chi connectivity index (χ4n) is 2.68. The van der Waals surface area contributed by atoms with Gasteiger partial charge in [0.1, 0.15) is 12.2 Å². The van der Waals surface area contributed by atoms with Crippen LogP contribution in [0.3, 0.4) is 0 Å². The highest BCUT2D eigenvalue weighted by Crippen LogP contribution is 2.38. The van der Waals surface area contributed by atoms with Crippen LogP contribution in [0.1, 0.15) is 52.9 Å². The molecule has 2 aliphatic rings. The van der Waals surface area contributed by atoms with Gasteiger partial charge in [0, 0.05) is 6.08 Å². The van der Waals surface area contributed by atoms with Crippen molar-refractivity contribution in [2.24, 2.45) is 0 Å². The van der Waals surface area contributed by atoms with Gasteiger partial charge in [0.15, 0.2) is 8.32 Å². The summed E-state index contributed by atoms with van der Waals surface area (Å²) < 4.78 is 12.0. The van der Waals surface area contributed by atoms with Gasteiger partial charge in [0.2, 0.25) is 0 Å². The summed E-state index contributed by atoms with van der Waals surface area (Å²) in [5.74, 6) is -0.257. The number of allylic oxidation sites excluding steroid dienone is 1. The molecule has 0 aromatic heterocycles. The Bertz CT molecular complexity index is 463. The predicted molar refractivity (Wildman–Crippen MR) is 92.3 cm³/mol. The van der Waals surface area contributed by atoms with Crippen LogP contribution in [0.5, 0.6) is 0 Å². The molecule has 1 saturated carbocycles. The predicted octanol–water partition coefficient (Wildman–Crippen LogP) is 4.75. The van der Waals surface area contributed by atoms with Crippen LogP contribution in [0.25, 0.3) is 0 Å². The van der Waals surface area contributed by atoms with Crippen LogP contribution in [-0.2, 0) is 14.0 Å². The quantitative estimate of drug-likeness (QED) is 0.427. The minimum Gasteiger partial charge on any atom is -0.452 e. The number of carbonyl (C=O) groups excluding carboxylic acids is 1. The third-order valence-electron chi connectivity index (χ3n) is 5.13. The summed E-state index contributed by atoms with van der Waals surface area (Å²) in [5.41, 5.74) is 1.42. The molecule has 22 heavy (non-hydrogen) atoms. The number of cyclic esters (lactones) is 1. The zero-order valence-electron chi connectivity index (χ0n) is 14.6. The second kappa shape index (κ2) is 6.71. The zero-order valence-corrected chi connectivity index (χ0v) is 15.6. The van der Waals surface area contributed by atoms with Crippen LogP contribution in [0.4, 0.5) is 0 Å². The molecule has 0 N–H and O–H groups in total. The van der Waals surface area contributed by atoms with Crippen LogP contribution in [0.2, 0.25) is 18.1 Å². The van der Waals surface area contributed by atoms with E-state index in [1.54, 1.807) is 0 Å². The lowest BCUT2D eigenvalue weighted by molar-refractivity contribution is -0.145. The molecule has 2 atom stereocenters. The van der Waals surface area contributed by atoms with Gasteiger partial charge in [-0.1, -0.05) is 32.8 Å². The Balaban J connectivity index is 2.15. The lowest BCUT2D eigenvalue weighted by Crippen LogP contribution is -2.48. The van der Waals surface area contributed by atoms with Gasteiger partial charge < -0.3 is 9.16 Å². The lowest BCUT2D eigenvalue weighted by atomic mass is 9.93. The lowest BCUT2D eigenvalue weighted by Gasteiger charge is -2.40. The topological polar surface area (TPSA) is 35.5 Å². The molecule has 0 aromatic rings. The molecule has 2 rings (SSSR count). The number of esters is 1. The molecule has 3 nitrogen and oxygen atoms in total. The molecule has 0 aromatic carbocycles. The molecule has 0 bridgehead atoms. The molecular formula is C18H30O3Si. The highest BCUT2D eigenvalue weighted by atomic mass is 28.4. The molecule has 4 heteroatoms. The molecule has 0 amide bonds. The monoisotopic (exact) mass is 322 g/mol. The van der Waals surface area contributed by atoms with Crippen molar-refractivity contribution in [2.75, 3.05) is 0 Å². The summed E-state index contributed by atoms with van der Waals surface area (Å²) in [7, 11) is -1.89. The van der Waals surface area contributed by atoms with E-state index in [4.69, 9.17) is 9.16 Å². The Hall–Kier alpha value is -0.873. The van der Waals surface area contributed by atoms with Gasteiger partial charge >= 0.3 is 5.97 Å². The van der Waals surface area contributed by atoms with Crippen molar-refractivity contribution in [2.45, 2.75) is 83.2 Å². The molecule has 0 saturated heterocycles. The number of carbonyl (C=O) groups is 1. The first-order valence-corrected chi connectivity index (χ1v) is 11.4. The van der Waals surface area contributed by atoms with Gasteiger partial charge in [-0.25, -0.2) is 4.79 Å². The van der Waals surface area contributed by atoms with Crippen molar-refractivity contribution in [3.63, 3.8) is 0 Å². The highest BCUT2D eigenvalue weighted by Gasteiger charge is 2.41. The number of rotatable bonds is 3. The van der Waals surface area contributed by atoms with Gasteiger partial charge in [-0.15, -0.1) is 0 Å². The van der Waals surface area contributed by atoms with Crippen molar-refractivity contribution >= 4 is 14.3 Å². The maximum atomic E-state index is 11.6. The van der Waals surface area contributed by atoms with E-state index in [-0.39, 0.29) is 23.2 Å². The van der Waals surface area contributed by atoms with Crippen LogP contribution >= 0.6 is 0 Å². The number of hydrogen-bond acceptors (Lipinski definition) is 3. The summed E-state index contributed by atoms with van der Waals surface area (Å²) in [6, 6.07) is 0. The Kier molecular flexibility index (Phi) is 5.33. The molecule has 124 valence electrons.